The predicted octanol–water partition coefficient (Wildman–Crippen LogP) is 0.500. The molecule has 0 aromatic heterocycles. The Balaban J connectivity index is 1.81. The number of carbonyl (C=O) groups is 1. The van der Waals surface area contributed by atoms with Gasteiger partial charge in [-0.3, -0.25) is 4.79 Å². The quantitative estimate of drug-likeness (QED) is 0.581. The van der Waals surface area contributed by atoms with E-state index in [-0.39, 0.29) is 6.10 Å². The summed E-state index contributed by atoms with van der Waals surface area (Å²) in [4.78, 5) is 12.9. The zero-order chi connectivity index (χ0) is 8.84. The molecular formula is C10H15NO2. The van der Waals surface area contributed by atoms with Crippen molar-refractivity contribution in [1.82, 2.24) is 4.90 Å². The molecule has 3 aliphatic heterocycles. The standard InChI is InChI=1S/C10H15NO2/c12-6-13-10-8-1-7-2-9(10)5-11(3-7)4-8/h6-10H,1-5H2/t7?,8-,9-,10?/m0/s1. The number of nitrogens with zero attached hydrogens (tertiary/aromatic N) is 1. The van der Waals surface area contributed by atoms with Gasteiger partial charge in [0.1, 0.15) is 6.10 Å². The summed E-state index contributed by atoms with van der Waals surface area (Å²) in [6.07, 6.45) is 2.81. The fraction of sp³-hybridized carbons (Fsp3) is 0.900. The summed E-state index contributed by atoms with van der Waals surface area (Å²) in [7, 11) is 0. The van der Waals surface area contributed by atoms with Gasteiger partial charge < -0.3 is 9.64 Å². The molecule has 3 nitrogen and oxygen atoms in total. The number of piperidine rings is 3. The van der Waals surface area contributed by atoms with Crippen LogP contribution in [0.5, 0.6) is 0 Å². The smallest absolute Gasteiger partial charge is 0.293 e. The minimum atomic E-state index is 0.241. The van der Waals surface area contributed by atoms with Crippen LogP contribution in [0.25, 0.3) is 0 Å². The van der Waals surface area contributed by atoms with Crippen molar-refractivity contribution in [2.45, 2.75) is 18.9 Å². The molecule has 0 amide bonds. The molecule has 1 saturated carbocycles. The summed E-state index contributed by atoms with van der Waals surface area (Å²) in [5.74, 6) is 2.16. The third-order valence-corrected chi connectivity index (χ3v) is 3.92. The fourth-order valence-electron chi connectivity index (χ4n) is 3.65. The Labute approximate surface area is 78.0 Å². The molecule has 2 atom stereocenters. The average molecular weight is 181 g/mol. The van der Waals surface area contributed by atoms with Gasteiger partial charge in [-0.25, -0.2) is 0 Å². The Bertz CT molecular complexity index is 201. The van der Waals surface area contributed by atoms with Crippen molar-refractivity contribution in [1.29, 1.82) is 0 Å². The number of hydrogen-bond donors (Lipinski definition) is 0. The van der Waals surface area contributed by atoms with Gasteiger partial charge in [-0.1, -0.05) is 0 Å². The third-order valence-electron chi connectivity index (χ3n) is 3.92. The van der Waals surface area contributed by atoms with Gasteiger partial charge in [-0.05, 0) is 18.8 Å². The highest BCUT2D eigenvalue weighted by Gasteiger charge is 2.48. The normalized spacial score (nSPS) is 52.2. The van der Waals surface area contributed by atoms with Crippen LogP contribution in [0.3, 0.4) is 0 Å². The molecule has 13 heavy (non-hydrogen) atoms. The van der Waals surface area contributed by atoms with Crippen LogP contribution < -0.4 is 0 Å². The highest BCUT2D eigenvalue weighted by molar-refractivity contribution is 5.38. The van der Waals surface area contributed by atoms with Crippen LogP contribution in [0.4, 0.5) is 0 Å². The van der Waals surface area contributed by atoms with E-state index >= 15 is 0 Å². The molecule has 4 rings (SSSR count). The molecule has 4 fully saturated rings. The monoisotopic (exact) mass is 181 g/mol. The molecule has 72 valence electrons. The van der Waals surface area contributed by atoms with E-state index in [1.54, 1.807) is 0 Å². The first kappa shape index (κ1) is 7.80. The summed E-state index contributed by atoms with van der Waals surface area (Å²) < 4.78 is 5.21. The molecule has 0 radical (unpaired) electrons. The highest BCUT2D eigenvalue weighted by atomic mass is 16.5. The van der Waals surface area contributed by atoms with E-state index in [0.29, 0.717) is 18.3 Å². The van der Waals surface area contributed by atoms with Crippen LogP contribution in [-0.4, -0.2) is 37.1 Å². The first-order valence-corrected chi connectivity index (χ1v) is 5.18. The minimum Gasteiger partial charge on any atom is -0.464 e. The van der Waals surface area contributed by atoms with Crippen molar-refractivity contribution in [3.8, 4) is 0 Å². The molecule has 4 aliphatic rings. The number of carbonyl (C=O) groups excluding carboxylic acids is 1. The minimum absolute atomic E-state index is 0.241. The summed E-state index contributed by atoms with van der Waals surface area (Å²) in [5, 5.41) is 0. The molecule has 0 spiro atoms. The topological polar surface area (TPSA) is 29.5 Å². The van der Waals surface area contributed by atoms with Crippen LogP contribution in [0.15, 0.2) is 0 Å². The first-order valence-electron chi connectivity index (χ1n) is 5.18. The summed E-state index contributed by atoms with van der Waals surface area (Å²) in [6, 6.07) is 0. The van der Waals surface area contributed by atoms with E-state index in [9.17, 15) is 4.79 Å². The van der Waals surface area contributed by atoms with E-state index < -0.39 is 0 Å². The van der Waals surface area contributed by atoms with E-state index in [1.807, 2.05) is 0 Å². The fourth-order valence-corrected chi connectivity index (χ4v) is 3.65. The Morgan fingerprint density at radius 2 is 1.85 bits per heavy atom. The third kappa shape index (κ3) is 1.10. The Morgan fingerprint density at radius 1 is 1.15 bits per heavy atom. The van der Waals surface area contributed by atoms with Gasteiger partial charge in [-0.2, -0.15) is 0 Å². The Hall–Kier alpha value is -0.570. The van der Waals surface area contributed by atoms with Gasteiger partial charge >= 0.3 is 0 Å². The zero-order valence-electron chi connectivity index (χ0n) is 7.69. The maximum Gasteiger partial charge on any atom is 0.293 e. The van der Waals surface area contributed by atoms with E-state index in [2.05, 4.69) is 4.90 Å². The van der Waals surface area contributed by atoms with Crippen molar-refractivity contribution in [2.24, 2.45) is 17.8 Å². The maximum absolute atomic E-state index is 10.4. The van der Waals surface area contributed by atoms with Crippen molar-refractivity contribution in [2.75, 3.05) is 19.6 Å². The van der Waals surface area contributed by atoms with Crippen LogP contribution in [0.1, 0.15) is 12.8 Å². The van der Waals surface area contributed by atoms with E-state index in [4.69, 9.17) is 4.74 Å². The molecular weight excluding hydrogens is 166 g/mol. The molecule has 0 aromatic carbocycles. The molecule has 3 saturated heterocycles. The lowest BCUT2D eigenvalue weighted by Gasteiger charge is -2.54. The molecule has 0 aromatic rings. The van der Waals surface area contributed by atoms with Gasteiger partial charge in [0, 0.05) is 31.5 Å². The van der Waals surface area contributed by atoms with Crippen molar-refractivity contribution in [3.63, 3.8) is 0 Å². The predicted molar refractivity (Wildman–Crippen MR) is 47.1 cm³/mol. The Kier molecular flexibility index (Phi) is 1.62. The summed E-state index contributed by atoms with van der Waals surface area (Å²) in [5.41, 5.74) is 0. The Morgan fingerprint density at radius 3 is 2.38 bits per heavy atom. The highest BCUT2D eigenvalue weighted by Crippen LogP contribution is 2.44. The number of rotatable bonds is 2. The van der Waals surface area contributed by atoms with E-state index in [0.717, 1.165) is 19.0 Å². The molecule has 3 heterocycles. The SMILES string of the molecule is O=COC1[C@H]2CC3C[C@H]1CN(C3)C2. The van der Waals surface area contributed by atoms with Gasteiger partial charge in [0.15, 0.2) is 0 Å². The van der Waals surface area contributed by atoms with Crippen LogP contribution in [0.2, 0.25) is 0 Å². The maximum atomic E-state index is 10.4. The van der Waals surface area contributed by atoms with Gasteiger partial charge in [0.05, 0.1) is 0 Å². The lowest BCUT2D eigenvalue weighted by Crippen LogP contribution is -2.60. The second-order valence-corrected chi connectivity index (χ2v) is 4.77. The lowest BCUT2D eigenvalue weighted by atomic mass is 9.66. The number of hydrogen-bond acceptors (Lipinski definition) is 3. The molecule has 0 N–H and O–H groups in total. The first-order chi connectivity index (χ1) is 6.36. The van der Waals surface area contributed by atoms with Crippen molar-refractivity contribution >= 4 is 6.47 Å². The van der Waals surface area contributed by atoms with Gasteiger partial charge in [0.2, 0.25) is 0 Å². The molecule has 0 unspecified atom stereocenters. The van der Waals surface area contributed by atoms with Crippen molar-refractivity contribution < 1.29 is 9.53 Å². The summed E-state index contributed by atoms with van der Waals surface area (Å²) in [6.45, 7) is 4.25. The van der Waals surface area contributed by atoms with E-state index in [1.165, 1.54) is 19.4 Å². The molecule has 1 aliphatic carbocycles. The van der Waals surface area contributed by atoms with Crippen LogP contribution in [-0.2, 0) is 9.53 Å². The van der Waals surface area contributed by atoms with Gasteiger partial charge in [0.25, 0.3) is 6.47 Å². The lowest BCUT2D eigenvalue weighted by molar-refractivity contribution is -0.160. The van der Waals surface area contributed by atoms with Gasteiger partial charge in [-0.15, -0.1) is 0 Å². The van der Waals surface area contributed by atoms with Crippen molar-refractivity contribution in [3.05, 3.63) is 0 Å². The molecule has 4 bridgehead atoms. The molecule has 3 heteroatoms. The van der Waals surface area contributed by atoms with Crippen LogP contribution >= 0.6 is 0 Å². The second kappa shape index (κ2) is 2.71. The van der Waals surface area contributed by atoms with Crippen LogP contribution in [0, 0.1) is 17.8 Å². The second-order valence-electron chi connectivity index (χ2n) is 4.77. The largest absolute Gasteiger partial charge is 0.464 e. The number of ether oxygens (including phenoxy) is 1. The average Bonchev–Trinajstić information content (AvgIpc) is 2.10. The zero-order valence-corrected chi connectivity index (χ0v) is 7.69. The summed E-state index contributed by atoms with van der Waals surface area (Å²) >= 11 is 0.